The third kappa shape index (κ3) is 3.29. The number of ether oxygens (including phenoxy) is 2. The zero-order valence-corrected chi connectivity index (χ0v) is 18.5. The van der Waals surface area contributed by atoms with E-state index in [9.17, 15) is 4.79 Å². The fourth-order valence-corrected chi connectivity index (χ4v) is 6.21. The van der Waals surface area contributed by atoms with Crippen molar-refractivity contribution in [2.24, 2.45) is 7.05 Å². The molecule has 3 aromatic rings. The Hall–Kier alpha value is -2.58. The molecule has 0 unspecified atom stereocenters. The Morgan fingerprint density at radius 3 is 2.74 bits per heavy atom. The molecule has 1 aromatic carbocycles. The molecule has 31 heavy (non-hydrogen) atoms. The molecule has 1 fully saturated rings. The van der Waals surface area contributed by atoms with Gasteiger partial charge in [-0.25, -0.2) is 4.98 Å². The van der Waals surface area contributed by atoms with Crippen molar-refractivity contribution in [1.82, 2.24) is 14.5 Å². The molecule has 0 N–H and O–H groups in total. The summed E-state index contributed by atoms with van der Waals surface area (Å²) in [5, 5.41) is 0.868. The Bertz CT molecular complexity index is 1210. The van der Waals surface area contributed by atoms with Gasteiger partial charge < -0.3 is 14.4 Å². The first-order chi connectivity index (χ1) is 15.2. The van der Waals surface area contributed by atoms with Gasteiger partial charge in [0.1, 0.15) is 4.83 Å². The van der Waals surface area contributed by atoms with Crippen molar-refractivity contribution < 1.29 is 9.47 Å². The predicted octanol–water partition coefficient (Wildman–Crippen LogP) is 2.92. The molecule has 3 aliphatic rings. The Morgan fingerprint density at radius 1 is 1.06 bits per heavy atom. The van der Waals surface area contributed by atoms with Crippen LogP contribution in [-0.4, -0.2) is 47.4 Å². The highest BCUT2D eigenvalue weighted by molar-refractivity contribution is 7.18. The highest BCUT2D eigenvalue weighted by Gasteiger charge is 2.25. The number of benzene rings is 1. The fourth-order valence-electron chi connectivity index (χ4n) is 4.96. The SMILES string of the molecule is Cn1c(N2CCN(Cc3ccc4c(c3)OCO4)CC2)nc2sc3c(c2c1=O)CCCC3. The van der Waals surface area contributed by atoms with Crippen molar-refractivity contribution in [3.63, 3.8) is 0 Å². The third-order valence-corrected chi connectivity index (χ3v) is 7.86. The lowest BCUT2D eigenvalue weighted by molar-refractivity contribution is 0.174. The molecule has 6 rings (SSSR count). The molecule has 4 heterocycles. The van der Waals surface area contributed by atoms with Crippen LogP contribution in [0.5, 0.6) is 11.5 Å². The first-order valence-corrected chi connectivity index (χ1v) is 11.9. The lowest BCUT2D eigenvalue weighted by atomic mass is 9.97. The molecule has 162 valence electrons. The van der Waals surface area contributed by atoms with Gasteiger partial charge in [-0.3, -0.25) is 14.3 Å². The Kier molecular flexibility index (Phi) is 4.65. The Morgan fingerprint density at radius 2 is 1.87 bits per heavy atom. The molecule has 0 spiro atoms. The monoisotopic (exact) mass is 438 g/mol. The standard InChI is InChI=1S/C23H26N4O3S/c1-25-22(28)20-16-4-2-3-5-19(16)31-21(20)24-23(25)27-10-8-26(9-11-27)13-15-6-7-17-18(12-15)30-14-29-17/h6-7,12H,2-5,8-11,13-14H2,1H3. The molecular formula is C23H26N4O3S. The minimum atomic E-state index is 0.113. The van der Waals surface area contributed by atoms with Gasteiger partial charge in [0.2, 0.25) is 12.7 Å². The van der Waals surface area contributed by atoms with E-state index in [1.807, 2.05) is 13.1 Å². The fraction of sp³-hybridized carbons (Fsp3) is 0.478. The highest BCUT2D eigenvalue weighted by atomic mass is 32.1. The molecule has 2 aliphatic heterocycles. The average molecular weight is 439 g/mol. The molecule has 0 amide bonds. The number of hydrogen-bond acceptors (Lipinski definition) is 7. The molecular weight excluding hydrogens is 412 g/mol. The number of nitrogens with zero attached hydrogens (tertiary/aromatic N) is 4. The van der Waals surface area contributed by atoms with E-state index in [2.05, 4.69) is 21.9 Å². The summed E-state index contributed by atoms with van der Waals surface area (Å²) in [7, 11) is 1.87. The lowest BCUT2D eigenvalue weighted by Gasteiger charge is -2.35. The van der Waals surface area contributed by atoms with Gasteiger partial charge in [-0.05, 0) is 48.9 Å². The minimum Gasteiger partial charge on any atom is -0.454 e. The van der Waals surface area contributed by atoms with Gasteiger partial charge >= 0.3 is 0 Å². The highest BCUT2D eigenvalue weighted by Crippen LogP contribution is 2.35. The van der Waals surface area contributed by atoms with E-state index in [1.54, 1.807) is 15.9 Å². The topological polar surface area (TPSA) is 59.8 Å². The first kappa shape index (κ1) is 19.1. The van der Waals surface area contributed by atoms with Crippen LogP contribution in [0.4, 0.5) is 5.95 Å². The second kappa shape index (κ2) is 7.53. The summed E-state index contributed by atoms with van der Waals surface area (Å²) in [5.41, 5.74) is 2.61. The van der Waals surface area contributed by atoms with E-state index in [-0.39, 0.29) is 5.56 Å². The van der Waals surface area contributed by atoms with Crippen LogP contribution in [0.3, 0.4) is 0 Å². The van der Waals surface area contributed by atoms with Crippen LogP contribution in [0.1, 0.15) is 28.8 Å². The molecule has 0 atom stereocenters. The third-order valence-electron chi connectivity index (χ3n) is 6.67. The predicted molar refractivity (Wildman–Crippen MR) is 122 cm³/mol. The molecule has 1 aliphatic carbocycles. The number of hydrogen-bond donors (Lipinski definition) is 0. The number of fused-ring (bicyclic) bond motifs is 4. The molecule has 8 heteroatoms. The molecule has 7 nitrogen and oxygen atoms in total. The minimum absolute atomic E-state index is 0.113. The van der Waals surface area contributed by atoms with E-state index >= 15 is 0 Å². The van der Waals surface area contributed by atoms with Crippen LogP contribution in [-0.2, 0) is 26.4 Å². The van der Waals surface area contributed by atoms with Crippen molar-refractivity contribution in [1.29, 1.82) is 0 Å². The summed E-state index contributed by atoms with van der Waals surface area (Å²) in [5.74, 6) is 2.47. The zero-order valence-electron chi connectivity index (χ0n) is 17.7. The first-order valence-electron chi connectivity index (χ1n) is 11.0. The summed E-state index contributed by atoms with van der Waals surface area (Å²) in [6.45, 7) is 4.78. The maximum absolute atomic E-state index is 13.2. The summed E-state index contributed by atoms with van der Waals surface area (Å²) < 4.78 is 12.7. The van der Waals surface area contributed by atoms with Gasteiger partial charge in [-0.15, -0.1) is 11.3 Å². The molecule has 2 aromatic heterocycles. The van der Waals surface area contributed by atoms with Crippen molar-refractivity contribution in [3.8, 4) is 11.5 Å². The van der Waals surface area contributed by atoms with Crippen molar-refractivity contribution in [2.75, 3.05) is 37.9 Å². The number of anilines is 1. The van der Waals surface area contributed by atoms with Gasteiger partial charge in [-0.2, -0.15) is 0 Å². The molecule has 0 saturated carbocycles. The van der Waals surface area contributed by atoms with Crippen LogP contribution >= 0.6 is 11.3 Å². The average Bonchev–Trinajstić information content (AvgIpc) is 3.40. The smallest absolute Gasteiger partial charge is 0.263 e. The molecule has 0 bridgehead atoms. The van der Waals surface area contributed by atoms with Gasteiger partial charge in [0.25, 0.3) is 5.56 Å². The summed E-state index contributed by atoms with van der Waals surface area (Å²) in [6.07, 6.45) is 4.50. The zero-order chi connectivity index (χ0) is 20.9. The van der Waals surface area contributed by atoms with Crippen LogP contribution in [0.25, 0.3) is 10.2 Å². The second-order valence-electron chi connectivity index (χ2n) is 8.62. The summed E-state index contributed by atoms with van der Waals surface area (Å²) in [4.78, 5) is 25.2. The number of thiophene rings is 1. The quantitative estimate of drug-likeness (QED) is 0.627. The molecule has 1 saturated heterocycles. The Labute approximate surface area is 184 Å². The van der Waals surface area contributed by atoms with Crippen molar-refractivity contribution in [2.45, 2.75) is 32.2 Å². The van der Waals surface area contributed by atoms with Crippen LogP contribution in [0, 0.1) is 0 Å². The molecule has 0 radical (unpaired) electrons. The largest absolute Gasteiger partial charge is 0.454 e. The van der Waals surface area contributed by atoms with Crippen LogP contribution < -0.4 is 19.9 Å². The number of aromatic nitrogens is 2. The van der Waals surface area contributed by atoms with Gasteiger partial charge in [0.15, 0.2) is 11.5 Å². The van der Waals surface area contributed by atoms with Gasteiger partial charge in [-0.1, -0.05) is 6.07 Å². The van der Waals surface area contributed by atoms with Crippen molar-refractivity contribution in [3.05, 3.63) is 44.6 Å². The maximum Gasteiger partial charge on any atom is 0.263 e. The summed E-state index contributed by atoms with van der Waals surface area (Å²) >= 11 is 1.73. The number of piperazine rings is 1. The van der Waals surface area contributed by atoms with Gasteiger partial charge in [0.05, 0.1) is 5.39 Å². The summed E-state index contributed by atoms with van der Waals surface area (Å²) in [6, 6.07) is 6.17. The maximum atomic E-state index is 13.2. The second-order valence-corrected chi connectivity index (χ2v) is 9.70. The van der Waals surface area contributed by atoms with Gasteiger partial charge in [0, 0.05) is 44.6 Å². The van der Waals surface area contributed by atoms with Crippen molar-refractivity contribution >= 4 is 27.5 Å². The van der Waals surface area contributed by atoms with E-state index in [4.69, 9.17) is 14.5 Å². The number of aryl methyl sites for hydroxylation is 2. The number of rotatable bonds is 3. The van der Waals surface area contributed by atoms with E-state index in [1.165, 1.54) is 28.8 Å². The van der Waals surface area contributed by atoms with Crippen LogP contribution in [0.2, 0.25) is 0 Å². The Balaban J connectivity index is 1.20. The lowest BCUT2D eigenvalue weighted by Crippen LogP contribution is -2.47. The van der Waals surface area contributed by atoms with Crippen LogP contribution in [0.15, 0.2) is 23.0 Å². The van der Waals surface area contributed by atoms with E-state index in [0.717, 1.165) is 73.2 Å². The normalized spacial score (nSPS) is 18.5. The van der Waals surface area contributed by atoms with E-state index < -0.39 is 0 Å². The van der Waals surface area contributed by atoms with E-state index in [0.29, 0.717) is 6.79 Å².